The van der Waals surface area contributed by atoms with Crippen LogP contribution < -0.4 is 10.1 Å². The van der Waals surface area contributed by atoms with Crippen molar-refractivity contribution < 1.29 is 9.13 Å². The van der Waals surface area contributed by atoms with E-state index in [1.807, 2.05) is 31.3 Å². The molecule has 0 radical (unpaired) electrons. The van der Waals surface area contributed by atoms with E-state index in [1.54, 1.807) is 12.1 Å². The van der Waals surface area contributed by atoms with Crippen molar-refractivity contribution in [3.8, 4) is 11.5 Å². The first-order chi connectivity index (χ1) is 8.70. The van der Waals surface area contributed by atoms with Crippen LogP contribution in [0.3, 0.4) is 0 Å². The fourth-order valence-electron chi connectivity index (χ4n) is 1.62. The molecule has 0 spiro atoms. The summed E-state index contributed by atoms with van der Waals surface area (Å²) >= 11 is 3.22. The minimum absolute atomic E-state index is 0. The number of halogens is 3. The van der Waals surface area contributed by atoms with Crippen LogP contribution in [0.4, 0.5) is 4.39 Å². The third-order valence-corrected chi connectivity index (χ3v) is 2.95. The van der Waals surface area contributed by atoms with Crippen LogP contribution in [-0.4, -0.2) is 7.05 Å². The molecule has 2 aromatic carbocycles. The van der Waals surface area contributed by atoms with Crippen molar-refractivity contribution in [1.29, 1.82) is 0 Å². The zero-order valence-electron chi connectivity index (χ0n) is 10.3. The molecule has 0 aliphatic carbocycles. The van der Waals surface area contributed by atoms with E-state index in [4.69, 9.17) is 4.74 Å². The van der Waals surface area contributed by atoms with E-state index >= 15 is 0 Å². The number of para-hydroxylation sites is 1. The molecule has 19 heavy (non-hydrogen) atoms. The van der Waals surface area contributed by atoms with Crippen molar-refractivity contribution in [1.82, 2.24) is 5.32 Å². The lowest BCUT2D eigenvalue weighted by Crippen LogP contribution is -2.06. The molecule has 0 unspecified atom stereocenters. The summed E-state index contributed by atoms with van der Waals surface area (Å²) in [6, 6.07) is 12.3. The summed E-state index contributed by atoms with van der Waals surface area (Å²) in [5.74, 6) is 0.499. The van der Waals surface area contributed by atoms with Gasteiger partial charge in [0.1, 0.15) is 5.75 Å². The largest absolute Gasteiger partial charge is 0.454 e. The summed E-state index contributed by atoms with van der Waals surface area (Å²) < 4.78 is 20.0. The van der Waals surface area contributed by atoms with E-state index < -0.39 is 0 Å². The van der Waals surface area contributed by atoms with E-state index in [-0.39, 0.29) is 24.0 Å². The molecule has 1 N–H and O–H groups in total. The van der Waals surface area contributed by atoms with Gasteiger partial charge in [-0.25, -0.2) is 4.39 Å². The van der Waals surface area contributed by atoms with Gasteiger partial charge in [0, 0.05) is 16.6 Å². The molecule has 0 aliphatic rings. The Hall–Kier alpha value is -1.10. The van der Waals surface area contributed by atoms with Crippen LogP contribution in [0.25, 0.3) is 0 Å². The maximum Gasteiger partial charge on any atom is 0.166 e. The second-order valence-electron chi connectivity index (χ2n) is 3.81. The Balaban J connectivity index is 0.00000180. The van der Waals surface area contributed by atoms with E-state index in [0.29, 0.717) is 16.8 Å². The molecular weight excluding hydrogens is 333 g/mol. The molecule has 0 aromatic heterocycles. The lowest BCUT2D eigenvalue weighted by Gasteiger charge is -2.11. The van der Waals surface area contributed by atoms with Crippen molar-refractivity contribution in [2.24, 2.45) is 0 Å². The molecule has 0 bridgehead atoms. The Morgan fingerprint density at radius 1 is 1.16 bits per heavy atom. The van der Waals surface area contributed by atoms with Crippen LogP contribution in [0, 0.1) is 5.82 Å². The van der Waals surface area contributed by atoms with Crippen molar-refractivity contribution in [3.05, 3.63) is 58.3 Å². The Morgan fingerprint density at radius 3 is 2.58 bits per heavy atom. The molecule has 0 amide bonds. The Bertz CT molecular complexity index is 551. The number of rotatable bonds is 4. The van der Waals surface area contributed by atoms with Crippen molar-refractivity contribution in [2.75, 3.05) is 7.05 Å². The predicted octanol–water partition coefficient (Wildman–Crippen LogP) is 4.52. The van der Waals surface area contributed by atoms with Crippen LogP contribution in [0.2, 0.25) is 0 Å². The van der Waals surface area contributed by atoms with Crippen LogP contribution in [0.15, 0.2) is 46.9 Å². The van der Waals surface area contributed by atoms with Gasteiger partial charge < -0.3 is 10.1 Å². The van der Waals surface area contributed by atoms with E-state index in [2.05, 4.69) is 21.2 Å². The summed E-state index contributed by atoms with van der Waals surface area (Å²) in [4.78, 5) is 0. The highest BCUT2D eigenvalue weighted by Gasteiger charge is 2.08. The van der Waals surface area contributed by atoms with Gasteiger partial charge in [-0.3, -0.25) is 0 Å². The number of nitrogens with one attached hydrogen (secondary N) is 1. The number of hydrogen-bond donors (Lipinski definition) is 1. The molecule has 0 heterocycles. The fourth-order valence-corrected chi connectivity index (χ4v) is 1.95. The van der Waals surface area contributed by atoms with Gasteiger partial charge in [0.25, 0.3) is 0 Å². The zero-order valence-corrected chi connectivity index (χ0v) is 12.7. The van der Waals surface area contributed by atoms with E-state index in [9.17, 15) is 4.39 Å². The van der Waals surface area contributed by atoms with Gasteiger partial charge >= 0.3 is 0 Å². The second-order valence-corrected chi connectivity index (χ2v) is 4.73. The fraction of sp³-hybridized carbons (Fsp3) is 0.143. The third-order valence-electron chi connectivity index (χ3n) is 2.45. The molecule has 5 heteroatoms. The smallest absolute Gasteiger partial charge is 0.166 e. The molecule has 0 atom stereocenters. The molecule has 0 aliphatic heterocycles. The maximum absolute atomic E-state index is 13.7. The third kappa shape index (κ3) is 4.20. The molecule has 0 saturated carbocycles. The minimum atomic E-state index is -0.386. The van der Waals surface area contributed by atoms with Crippen LogP contribution in [0.5, 0.6) is 11.5 Å². The molecule has 2 rings (SSSR count). The van der Waals surface area contributed by atoms with Crippen molar-refractivity contribution in [3.63, 3.8) is 0 Å². The molecule has 0 fully saturated rings. The Morgan fingerprint density at radius 2 is 1.89 bits per heavy atom. The average molecular weight is 347 g/mol. The normalized spacial score (nSPS) is 9.84. The summed E-state index contributed by atoms with van der Waals surface area (Å²) in [6.45, 7) is 0.675. The van der Waals surface area contributed by atoms with E-state index in [1.165, 1.54) is 6.07 Å². The summed E-state index contributed by atoms with van der Waals surface area (Å²) in [7, 11) is 1.86. The first-order valence-electron chi connectivity index (χ1n) is 5.56. The molecule has 2 nitrogen and oxygen atoms in total. The van der Waals surface area contributed by atoms with Gasteiger partial charge in [-0.2, -0.15) is 0 Å². The summed E-state index contributed by atoms with van der Waals surface area (Å²) in [5, 5.41) is 3.05. The summed E-state index contributed by atoms with van der Waals surface area (Å²) in [5.41, 5.74) is 0.988. The Labute approximate surface area is 126 Å². The second kappa shape index (κ2) is 7.48. The van der Waals surface area contributed by atoms with Crippen molar-refractivity contribution in [2.45, 2.75) is 6.54 Å². The quantitative estimate of drug-likeness (QED) is 0.879. The highest BCUT2D eigenvalue weighted by Crippen LogP contribution is 2.28. The van der Waals surface area contributed by atoms with Crippen LogP contribution in [0.1, 0.15) is 5.56 Å². The van der Waals surface area contributed by atoms with Crippen LogP contribution >= 0.6 is 28.3 Å². The van der Waals surface area contributed by atoms with Gasteiger partial charge in [-0.15, -0.1) is 12.4 Å². The minimum Gasteiger partial charge on any atom is -0.454 e. The van der Waals surface area contributed by atoms with Crippen LogP contribution in [-0.2, 0) is 6.54 Å². The molecule has 0 saturated heterocycles. The monoisotopic (exact) mass is 345 g/mol. The van der Waals surface area contributed by atoms with Gasteiger partial charge in [-0.1, -0.05) is 34.1 Å². The number of benzene rings is 2. The molecule has 2 aromatic rings. The molecule has 102 valence electrons. The Kier molecular flexibility index (Phi) is 6.28. The predicted molar refractivity (Wildman–Crippen MR) is 80.6 cm³/mol. The van der Waals surface area contributed by atoms with Gasteiger partial charge in [0.15, 0.2) is 11.6 Å². The molecular formula is C14H14BrClFNO. The standard InChI is InChI=1S/C14H13BrFNO.ClH/c1-17-9-10-4-2-3-5-13(10)18-14-7-6-11(15)8-12(14)16;/h2-8,17H,9H2,1H3;1H. The lowest BCUT2D eigenvalue weighted by atomic mass is 10.2. The van der Waals surface area contributed by atoms with Gasteiger partial charge in [0.2, 0.25) is 0 Å². The number of ether oxygens (including phenoxy) is 1. The average Bonchev–Trinajstić information content (AvgIpc) is 2.35. The SMILES string of the molecule is CNCc1ccccc1Oc1ccc(Br)cc1F.Cl. The van der Waals surface area contributed by atoms with Gasteiger partial charge in [0.05, 0.1) is 0 Å². The zero-order chi connectivity index (χ0) is 13.0. The summed E-state index contributed by atoms with van der Waals surface area (Å²) in [6.07, 6.45) is 0. The maximum atomic E-state index is 13.7. The van der Waals surface area contributed by atoms with Gasteiger partial charge in [-0.05, 0) is 31.3 Å². The van der Waals surface area contributed by atoms with Crippen molar-refractivity contribution >= 4 is 28.3 Å². The highest BCUT2D eigenvalue weighted by atomic mass is 79.9. The first-order valence-corrected chi connectivity index (χ1v) is 6.35. The number of hydrogen-bond acceptors (Lipinski definition) is 2. The highest BCUT2D eigenvalue weighted by molar-refractivity contribution is 9.10. The van der Waals surface area contributed by atoms with E-state index in [0.717, 1.165) is 5.56 Å². The topological polar surface area (TPSA) is 21.3 Å². The first kappa shape index (κ1) is 16.0. The lowest BCUT2D eigenvalue weighted by molar-refractivity contribution is 0.436.